The number of allylic oxidation sites excluding steroid dienone is 1. The lowest BCUT2D eigenvalue weighted by Crippen LogP contribution is -2.35. The van der Waals surface area contributed by atoms with E-state index in [0.717, 1.165) is 24.4 Å². The van der Waals surface area contributed by atoms with Gasteiger partial charge < -0.3 is 10.1 Å². The van der Waals surface area contributed by atoms with E-state index in [1.807, 2.05) is 18.3 Å². The van der Waals surface area contributed by atoms with Crippen LogP contribution in [-0.2, 0) is 6.54 Å². The molecule has 1 aromatic heterocycles. The summed E-state index contributed by atoms with van der Waals surface area (Å²) in [6.45, 7) is 7.24. The molecule has 1 aliphatic carbocycles. The summed E-state index contributed by atoms with van der Waals surface area (Å²) in [5.74, 6) is 0.857. The second-order valence-electron chi connectivity index (χ2n) is 6.10. The summed E-state index contributed by atoms with van der Waals surface area (Å²) in [7, 11) is 0. The third kappa shape index (κ3) is 5.03. The van der Waals surface area contributed by atoms with E-state index < -0.39 is 0 Å². The largest absolute Gasteiger partial charge is 0.485 e. The molecule has 19 heavy (non-hydrogen) atoms. The van der Waals surface area contributed by atoms with Crippen molar-refractivity contribution in [2.45, 2.75) is 58.2 Å². The molecule has 1 aromatic rings. The molecule has 104 valence electrons. The van der Waals surface area contributed by atoms with Crippen molar-refractivity contribution in [3.8, 4) is 5.75 Å². The summed E-state index contributed by atoms with van der Waals surface area (Å²) in [6, 6.07) is 4.04. The van der Waals surface area contributed by atoms with Crippen LogP contribution in [0.2, 0.25) is 0 Å². The zero-order valence-electron chi connectivity index (χ0n) is 12.1. The molecule has 2 rings (SSSR count). The first-order valence-corrected chi connectivity index (χ1v) is 7.06. The Morgan fingerprint density at radius 1 is 1.37 bits per heavy atom. The molecular formula is C16H24N2O. The Kier molecular flexibility index (Phi) is 4.59. The average Bonchev–Trinajstić information content (AvgIpc) is 2.38. The van der Waals surface area contributed by atoms with Crippen molar-refractivity contribution in [3.63, 3.8) is 0 Å². The van der Waals surface area contributed by atoms with Crippen molar-refractivity contribution in [1.29, 1.82) is 0 Å². The van der Waals surface area contributed by atoms with Gasteiger partial charge in [-0.15, -0.1) is 0 Å². The summed E-state index contributed by atoms with van der Waals surface area (Å²) >= 11 is 0. The van der Waals surface area contributed by atoms with Gasteiger partial charge in [0.1, 0.15) is 11.9 Å². The normalized spacial score (nSPS) is 19.4. The summed E-state index contributed by atoms with van der Waals surface area (Å²) in [4.78, 5) is 4.44. The molecule has 0 radical (unpaired) electrons. The van der Waals surface area contributed by atoms with Gasteiger partial charge in [-0.2, -0.15) is 0 Å². The highest BCUT2D eigenvalue weighted by Crippen LogP contribution is 2.18. The molecular weight excluding hydrogens is 236 g/mol. The Bertz CT molecular complexity index is 417. The molecule has 1 aliphatic rings. The van der Waals surface area contributed by atoms with E-state index in [1.165, 1.54) is 12.8 Å². The maximum Gasteiger partial charge on any atom is 0.138 e. The van der Waals surface area contributed by atoms with E-state index in [4.69, 9.17) is 4.74 Å². The molecule has 1 N–H and O–H groups in total. The number of hydrogen-bond acceptors (Lipinski definition) is 3. The van der Waals surface area contributed by atoms with Gasteiger partial charge in [0.2, 0.25) is 0 Å². The third-order valence-corrected chi connectivity index (χ3v) is 3.10. The van der Waals surface area contributed by atoms with Gasteiger partial charge in [-0.25, -0.2) is 0 Å². The SMILES string of the molecule is CC(C)(C)NCc1ccc(OC2C=CCCC2)cn1. The number of pyridine rings is 1. The van der Waals surface area contributed by atoms with Crippen LogP contribution in [0, 0.1) is 0 Å². The molecule has 1 heterocycles. The van der Waals surface area contributed by atoms with Crippen LogP contribution in [0.4, 0.5) is 0 Å². The first-order chi connectivity index (χ1) is 9.03. The molecule has 0 fully saturated rings. The lowest BCUT2D eigenvalue weighted by atomic mass is 10.1. The monoisotopic (exact) mass is 260 g/mol. The number of nitrogens with zero attached hydrogens (tertiary/aromatic N) is 1. The quantitative estimate of drug-likeness (QED) is 0.842. The van der Waals surface area contributed by atoms with Gasteiger partial charge in [-0.05, 0) is 58.2 Å². The predicted octanol–water partition coefficient (Wildman–Crippen LogP) is 3.46. The van der Waals surface area contributed by atoms with Crippen LogP contribution in [0.1, 0.15) is 45.7 Å². The number of hydrogen-bond donors (Lipinski definition) is 1. The van der Waals surface area contributed by atoms with Crippen LogP contribution in [0.3, 0.4) is 0 Å². The molecule has 0 amide bonds. The van der Waals surface area contributed by atoms with Gasteiger partial charge in [0.15, 0.2) is 0 Å². The molecule has 0 bridgehead atoms. The fraction of sp³-hybridized carbons (Fsp3) is 0.562. The lowest BCUT2D eigenvalue weighted by molar-refractivity contribution is 0.229. The van der Waals surface area contributed by atoms with Crippen molar-refractivity contribution in [2.24, 2.45) is 0 Å². The third-order valence-electron chi connectivity index (χ3n) is 3.10. The average molecular weight is 260 g/mol. The summed E-state index contributed by atoms with van der Waals surface area (Å²) in [6.07, 6.45) is 9.87. The smallest absolute Gasteiger partial charge is 0.138 e. The first-order valence-electron chi connectivity index (χ1n) is 7.06. The zero-order valence-corrected chi connectivity index (χ0v) is 12.1. The van der Waals surface area contributed by atoms with Gasteiger partial charge in [0, 0.05) is 12.1 Å². The molecule has 0 aliphatic heterocycles. The summed E-state index contributed by atoms with van der Waals surface area (Å²) in [5, 5.41) is 3.42. The minimum atomic E-state index is 0.115. The zero-order chi connectivity index (χ0) is 13.7. The Labute approximate surface area is 116 Å². The molecule has 3 nitrogen and oxygen atoms in total. The molecule has 1 unspecified atom stereocenters. The molecule has 0 aromatic carbocycles. The van der Waals surface area contributed by atoms with Gasteiger partial charge in [0.25, 0.3) is 0 Å². The number of ether oxygens (including phenoxy) is 1. The van der Waals surface area contributed by atoms with Crippen LogP contribution in [0.5, 0.6) is 5.75 Å². The number of rotatable bonds is 4. The Morgan fingerprint density at radius 3 is 2.79 bits per heavy atom. The van der Waals surface area contributed by atoms with Gasteiger partial charge in [-0.3, -0.25) is 4.98 Å². The topological polar surface area (TPSA) is 34.1 Å². The molecule has 1 atom stereocenters. The van der Waals surface area contributed by atoms with Crippen molar-refractivity contribution < 1.29 is 4.74 Å². The predicted molar refractivity (Wildman–Crippen MR) is 78.2 cm³/mol. The van der Waals surface area contributed by atoms with Crippen molar-refractivity contribution in [1.82, 2.24) is 10.3 Å². The molecule has 0 spiro atoms. The molecule has 3 heteroatoms. The van der Waals surface area contributed by atoms with E-state index in [9.17, 15) is 0 Å². The first kappa shape index (κ1) is 14.1. The highest BCUT2D eigenvalue weighted by Gasteiger charge is 2.11. The van der Waals surface area contributed by atoms with Gasteiger partial charge in [-0.1, -0.05) is 6.08 Å². The summed E-state index contributed by atoms with van der Waals surface area (Å²) < 4.78 is 5.89. The highest BCUT2D eigenvalue weighted by molar-refractivity contribution is 5.21. The van der Waals surface area contributed by atoms with E-state index >= 15 is 0 Å². The van der Waals surface area contributed by atoms with E-state index in [1.54, 1.807) is 0 Å². The maximum absolute atomic E-state index is 5.89. The fourth-order valence-electron chi connectivity index (χ4n) is 2.00. The molecule has 0 saturated heterocycles. The lowest BCUT2D eigenvalue weighted by Gasteiger charge is -2.20. The summed E-state index contributed by atoms with van der Waals surface area (Å²) in [5.41, 5.74) is 1.16. The second kappa shape index (κ2) is 6.20. The van der Waals surface area contributed by atoms with Crippen molar-refractivity contribution >= 4 is 0 Å². The molecule has 0 saturated carbocycles. The van der Waals surface area contributed by atoms with Crippen LogP contribution in [0.15, 0.2) is 30.5 Å². The van der Waals surface area contributed by atoms with Crippen molar-refractivity contribution in [2.75, 3.05) is 0 Å². The van der Waals surface area contributed by atoms with Crippen molar-refractivity contribution in [3.05, 3.63) is 36.2 Å². The Hall–Kier alpha value is -1.35. The van der Waals surface area contributed by atoms with E-state index in [2.05, 4.69) is 43.2 Å². The van der Waals surface area contributed by atoms with E-state index in [-0.39, 0.29) is 11.6 Å². The maximum atomic E-state index is 5.89. The van der Waals surface area contributed by atoms with Gasteiger partial charge >= 0.3 is 0 Å². The minimum Gasteiger partial charge on any atom is -0.485 e. The van der Waals surface area contributed by atoms with Crippen LogP contribution in [-0.4, -0.2) is 16.6 Å². The van der Waals surface area contributed by atoms with Gasteiger partial charge in [0.05, 0.1) is 11.9 Å². The number of nitrogens with one attached hydrogen (secondary N) is 1. The Morgan fingerprint density at radius 2 is 2.21 bits per heavy atom. The minimum absolute atomic E-state index is 0.115. The number of aromatic nitrogens is 1. The van der Waals surface area contributed by atoms with Crippen LogP contribution < -0.4 is 10.1 Å². The highest BCUT2D eigenvalue weighted by atomic mass is 16.5. The standard InChI is InChI=1S/C16H24N2O/c1-16(2,3)18-11-13-9-10-15(12-17-13)19-14-7-5-4-6-8-14/h5,7,9-10,12,14,18H,4,6,8,11H2,1-3H3. The fourth-order valence-corrected chi connectivity index (χ4v) is 2.00. The van der Waals surface area contributed by atoms with E-state index in [0.29, 0.717) is 0 Å². The van der Waals surface area contributed by atoms with Crippen LogP contribution in [0.25, 0.3) is 0 Å². The Balaban J connectivity index is 1.87. The second-order valence-corrected chi connectivity index (χ2v) is 6.10. The van der Waals surface area contributed by atoms with Crippen LogP contribution >= 0.6 is 0 Å².